The molecule has 3 amide bonds. The molecule has 0 fully saturated rings. The molecule has 0 unspecified atom stereocenters. The van der Waals surface area contributed by atoms with Crippen LogP contribution in [0.1, 0.15) is 31.1 Å². The van der Waals surface area contributed by atoms with E-state index < -0.39 is 17.7 Å². The molecule has 0 bridgehead atoms. The number of rotatable bonds is 4. The quantitative estimate of drug-likeness (QED) is 0.668. The molecule has 7 heteroatoms. The SMILES string of the molecule is COc1ccc(N2C(=O)c3ccc(C(=O)Nc4cccc(O)c4)cc3C2=O)cc1. The number of benzene rings is 3. The average molecular weight is 388 g/mol. The molecule has 0 radical (unpaired) electrons. The summed E-state index contributed by atoms with van der Waals surface area (Å²) in [6, 6.07) is 17.0. The largest absolute Gasteiger partial charge is 0.508 e. The highest BCUT2D eigenvalue weighted by Gasteiger charge is 2.37. The fourth-order valence-corrected chi connectivity index (χ4v) is 3.13. The Morgan fingerprint density at radius 3 is 2.34 bits per heavy atom. The van der Waals surface area contributed by atoms with Crippen LogP contribution in [0.3, 0.4) is 0 Å². The standard InChI is InChI=1S/C22H16N2O5/c1-29-17-8-6-15(7-9-17)24-21(27)18-10-5-13(11-19(18)22(24)28)20(26)23-14-3-2-4-16(25)12-14/h2-12,25H,1H3,(H,23,26). The molecule has 144 valence electrons. The van der Waals surface area contributed by atoms with E-state index in [1.54, 1.807) is 36.4 Å². The molecule has 2 N–H and O–H groups in total. The second-order valence-electron chi connectivity index (χ2n) is 6.41. The van der Waals surface area contributed by atoms with Crippen LogP contribution in [0.4, 0.5) is 11.4 Å². The third-order valence-corrected chi connectivity index (χ3v) is 4.58. The van der Waals surface area contributed by atoms with Crippen LogP contribution in [-0.2, 0) is 0 Å². The van der Waals surface area contributed by atoms with Gasteiger partial charge in [0.1, 0.15) is 11.5 Å². The van der Waals surface area contributed by atoms with Gasteiger partial charge in [-0.25, -0.2) is 4.90 Å². The minimum absolute atomic E-state index is 0.0210. The number of imide groups is 1. The van der Waals surface area contributed by atoms with Crippen molar-refractivity contribution in [2.45, 2.75) is 0 Å². The molecule has 29 heavy (non-hydrogen) atoms. The van der Waals surface area contributed by atoms with Crippen molar-refractivity contribution in [3.8, 4) is 11.5 Å². The van der Waals surface area contributed by atoms with Crippen LogP contribution in [0, 0.1) is 0 Å². The number of fused-ring (bicyclic) bond motifs is 1. The molecule has 4 rings (SSSR count). The van der Waals surface area contributed by atoms with Crippen molar-refractivity contribution < 1.29 is 24.2 Å². The van der Waals surface area contributed by atoms with Crippen LogP contribution in [-0.4, -0.2) is 29.9 Å². The molecule has 0 spiro atoms. The van der Waals surface area contributed by atoms with Crippen LogP contribution in [0.2, 0.25) is 0 Å². The highest BCUT2D eigenvalue weighted by atomic mass is 16.5. The van der Waals surface area contributed by atoms with Gasteiger partial charge in [-0.3, -0.25) is 14.4 Å². The molecular formula is C22H16N2O5. The number of aromatic hydroxyl groups is 1. The second-order valence-corrected chi connectivity index (χ2v) is 6.41. The fourth-order valence-electron chi connectivity index (χ4n) is 3.13. The topological polar surface area (TPSA) is 95.9 Å². The summed E-state index contributed by atoms with van der Waals surface area (Å²) >= 11 is 0. The lowest BCUT2D eigenvalue weighted by Gasteiger charge is -2.14. The number of carbonyl (C=O) groups excluding carboxylic acids is 3. The predicted molar refractivity (Wildman–Crippen MR) is 107 cm³/mol. The van der Waals surface area contributed by atoms with E-state index in [4.69, 9.17) is 4.74 Å². The Bertz CT molecular complexity index is 1140. The molecule has 3 aromatic carbocycles. The van der Waals surface area contributed by atoms with Gasteiger partial charge in [0.05, 0.1) is 23.9 Å². The van der Waals surface area contributed by atoms with Gasteiger partial charge in [0, 0.05) is 17.3 Å². The maximum Gasteiger partial charge on any atom is 0.266 e. The van der Waals surface area contributed by atoms with E-state index in [9.17, 15) is 19.5 Å². The Labute approximate surface area is 166 Å². The van der Waals surface area contributed by atoms with Gasteiger partial charge in [-0.05, 0) is 54.6 Å². The maximum absolute atomic E-state index is 12.8. The van der Waals surface area contributed by atoms with Gasteiger partial charge < -0.3 is 15.2 Å². The number of hydrogen-bond acceptors (Lipinski definition) is 5. The van der Waals surface area contributed by atoms with E-state index in [-0.39, 0.29) is 22.4 Å². The zero-order chi connectivity index (χ0) is 20.5. The summed E-state index contributed by atoms with van der Waals surface area (Å²) in [5.41, 5.74) is 1.46. The van der Waals surface area contributed by atoms with E-state index in [0.29, 0.717) is 17.1 Å². The Balaban J connectivity index is 1.61. The van der Waals surface area contributed by atoms with E-state index in [1.807, 2.05) is 0 Å². The third kappa shape index (κ3) is 3.29. The van der Waals surface area contributed by atoms with Gasteiger partial charge >= 0.3 is 0 Å². The smallest absolute Gasteiger partial charge is 0.266 e. The number of anilines is 2. The molecule has 1 aliphatic rings. The van der Waals surface area contributed by atoms with Gasteiger partial charge in [-0.2, -0.15) is 0 Å². The normalized spacial score (nSPS) is 12.7. The highest BCUT2D eigenvalue weighted by Crippen LogP contribution is 2.30. The van der Waals surface area contributed by atoms with Gasteiger partial charge in [0.25, 0.3) is 17.7 Å². The summed E-state index contributed by atoms with van der Waals surface area (Å²) in [6.45, 7) is 0. The maximum atomic E-state index is 12.8. The van der Waals surface area contributed by atoms with Crippen LogP contribution < -0.4 is 15.0 Å². The number of hydrogen-bond donors (Lipinski definition) is 2. The predicted octanol–water partition coefficient (Wildman–Crippen LogP) is 3.45. The number of carbonyl (C=O) groups is 3. The number of nitrogens with one attached hydrogen (secondary N) is 1. The van der Waals surface area contributed by atoms with Crippen LogP contribution in [0.15, 0.2) is 66.7 Å². The van der Waals surface area contributed by atoms with Gasteiger partial charge in [-0.15, -0.1) is 0 Å². The van der Waals surface area contributed by atoms with E-state index in [1.165, 1.54) is 37.4 Å². The summed E-state index contributed by atoms with van der Waals surface area (Å²) in [6.07, 6.45) is 0. The van der Waals surface area contributed by atoms with Crippen molar-refractivity contribution in [1.29, 1.82) is 0 Å². The lowest BCUT2D eigenvalue weighted by Crippen LogP contribution is -2.29. The summed E-state index contributed by atoms with van der Waals surface area (Å²) < 4.78 is 5.10. The van der Waals surface area contributed by atoms with Crippen molar-refractivity contribution in [1.82, 2.24) is 0 Å². The molecule has 0 aromatic heterocycles. The zero-order valence-corrected chi connectivity index (χ0v) is 15.4. The summed E-state index contributed by atoms with van der Waals surface area (Å²) in [5, 5.41) is 12.2. The van der Waals surface area contributed by atoms with E-state index >= 15 is 0 Å². The first-order chi connectivity index (χ1) is 14.0. The Morgan fingerprint density at radius 2 is 1.66 bits per heavy atom. The first kappa shape index (κ1) is 18.2. The van der Waals surface area contributed by atoms with Gasteiger partial charge in [0.15, 0.2) is 0 Å². The number of phenolic OH excluding ortho intramolecular Hbond substituents is 1. The first-order valence-corrected chi connectivity index (χ1v) is 8.75. The molecule has 0 aliphatic carbocycles. The first-order valence-electron chi connectivity index (χ1n) is 8.75. The van der Waals surface area contributed by atoms with E-state index in [0.717, 1.165) is 4.90 Å². The summed E-state index contributed by atoms with van der Waals surface area (Å²) in [5.74, 6) is -0.775. The Kier molecular flexibility index (Phi) is 4.48. The van der Waals surface area contributed by atoms with Crippen LogP contribution >= 0.6 is 0 Å². The molecule has 3 aromatic rings. The fraction of sp³-hybridized carbons (Fsp3) is 0.0455. The molecule has 0 atom stereocenters. The van der Waals surface area contributed by atoms with Crippen LogP contribution in [0.25, 0.3) is 0 Å². The van der Waals surface area contributed by atoms with Crippen molar-refractivity contribution in [2.24, 2.45) is 0 Å². The highest BCUT2D eigenvalue weighted by molar-refractivity contribution is 6.34. The average Bonchev–Trinajstić information content (AvgIpc) is 2.98. The minimum atomic E-state index is -0.498. The number of methoxy groups -OCH3 is 1. The summed E-state index contributed by atoms with van der Waals surface area (Å²) in [4.78, 5) is 39.2. The van der Waals surface area contributed by atoms with Gasteiger partial charge in [0.2, 0.25) is 0 Å². The molecular weight excluding hydrogens is 372 g/mol. The molecule has 1 aliphatic heterocycles. The van der Waals surface area contributed by atoms with Crippen molar-refractivity contribution in [2.75, 3.05) is 17.3 Å². The molecule has 0 saturated carbocycles. The molecule has 7 nitrogen and oxygen atoms in total. The second kappa shape index (κ2) is 7.12. The monoisotopic (exact) mass is 388 g/mol. The van der Waals surface area contributed by atoms with Crippen molar-refractivity contribution >= 4 is 29.1 Å². The molecule has 0 saturated heterocycles. The lowest BCUT2D eigenvalue weighted by atomic mass is 10.1. The number of amides is 3. The van der Waals surface area contributed by atoms with E-state index in [2.05, 4.69) is 5.32 Å². The minimum Gasteiger partial charge on any atom is -0.508 e. The lowest BCUT2D eigenvalue weighted by molar-refractivity contribution is 0.0925. The number of ether oxygens (including phenoxy) is 1. The third-order valence-electron chi connectivity index (χ3n) is 4.58. The summed E-state index contributed by atoms with van der Waals surface area (Å²) in [7, 11) is 1.53. The number of nitrogens with zero attached hydrogens (tertiary/aromatic N) is 1. The van der Waals surface area contributed by atoms with Crippen molar-refractivity contribution in [3.63, 3.8) is 0 Å². The van der Waals surface area contributed by atoms with Crippen LogP contribution in [0.5, 0.6) is 11.5 Å². The molecule has 1 heterocycles. The Morgan fingerprint density at radius 1 is 0.931 bits per heavy atom. The van der Waals surface area contributed by atoms with Gasteiger partial charge in [-0.1, -0.05) is 6.07 Å². The Hall–Kier alpha value is -4.13. The number of phenols is 1. The zero-order valence-electron chi connectivity index (χ0n) is 15.4. The van der Waals surface area contributed by atoms with Crippen molar-refractivity contribution in [3.05, 3.63) is 83.4 Å².